The van der Waals surface area contributed by atoms with Crippen LogP contribution in [0, 0.1) is 17.5 Å². The normalized spacial score (nSPS) is 18.8. The summed E-state index contributed by atoms with van der Waals surface area (Å²) in [7, 11) is 0. The number of benzene rings is 2. The molecule has 0 aliphatic carbocycles. The van der Waals surface area contributed by atoms with Crippen LogP contribution in [0.25, 0.3) is 10.9 Å². The second-order valence-corrected chi connectivity index (χ2v) is 7.14. The van der Waals surface area contributed by atoms with Gasteiger partial charge < -0.3 is 15.2 Å². The van der Waals surface area contributed by atoms with Crippen molar-refractivity contribution in [2.45, 2.75) is 25.2 Å². The lowest BCUT2D eigenvalue weighted by Crippen LogP contribution is -2.50. The van der Waals surface area contributed by atoms with E-state index in [-0.39, 0.29) is 42.0 Å². The zero-order chi connectivity index (χ0) is 20.5. The van der Waals surface area contributed by atoms with E-state index >= 15 is 0 Å². The van der Waals surface area contributed by atoms with Crippen LogP contribution in [-0.4, -0.2) is 35.8 Å². The smallest absolute Gasteiger partial charge is 0.253 e. The van der Waals surface area contributed by atoms with Gasteiger partial charge in [0.2, 0.25) is 0 Å². The van der Waals surface area contributed by atoms with Gasteiger partial charge in [0.15, 0.2) is 0 Å². The number of halogens is 5. The van der Waals surface area contributed by atoms with Crippen LogP contribution in [-0.2, 0) is 6.54 Å². The second-order valence-electron chi connectivity index (χ2n) is 7.14. The Morgan fingerprint density at radius 3 is 2.50 bits per heavy atom. The predicted molar refractivity (Wildman–Crippen MR) is 108 cm³/mol. The maximum absolute atomic E-state index is 14.6. The van der Waals surface area contributed by atoms with Crippen LogP contribution >= 0.6 is 12.4 Å². The summed E-state index contributed by atoms with van der Waals surface area (Å²) in [6.07, 6.45) is 0.490. The molecule has 1 amide bonds. The molecule has 1 fully saturated rings. The molecule has 0 spiro atoms. The van der Waals surface area contributed by atoms with E-state index in [1.54, 1.807) is 0 Å². The van der Waals surface area contributed by atoms with Crippen LogP contribution in [0.15, 0.2) is 42.6 Å². The number of hydrogen-bond donors (Lipinski definition) is 2. The van der Waals surface area contributed by atoms with Gasteiger partial charge in [0.05, 0.1) is 22.5 Å². The fourth-order valence-electron chi connectivity index (χ4n) is 3.68. The van der Waals surface area contributed by atoms with E-state index < -0.39 is 35.6 Å². The van der Waals surface area contributed by atoms with Crippen molar-refractivity contribution in [2.75, 3.05) is 13.1 Å². The first-order valence-electron chi connectivity index (χ1n) is 9.31. The number of amides is 1. The van der Waals surface area contributed by atoms with Gasteiger partial charge in [-0.05, 0) is 42.8 Å². The number of piperidine rings is 1. The third-order valence-corrected chi connectivity index (χ3v) is 5.15. The van der Waals surface area contributed by atoms with Crippen LogP contribution in [0.5, 0.6) is 0 Å². The molecule has 2 aromatic carbocycles. The van der Waals surface area contributed by atoms with Crippen molar-refractivity contribution in [3.63, 3.8) is 0 Å². The summed E-state index contributed by atoms with van der Waals surface area (Å²) in [4.78, 5) is 12.8. The van der Waals surface area contributed by atoms with Crippen molar-refractivity contribution in [1.82, 2.24) is 15.2 Å². The Bertz CT molecular complexity index is 1050. The molecule has 1 aliphatic rings. The molecular formula is C21H20ClF4N3O. The highest BCUT2D eigenvalue weighted by Gasteiger charge is 2.28. The van der Waals surface area contributed by atoms with E-state index in [1.807, 2.05) is 0 Å². The van der Waals surface area contributed by atoms with Crippen LogP contribution in [0.2, 0.25) is 0 Å². The topological polar surface area (TPSA) is 46.1 Å². The highest BCUT2D eigenvalue weighted by atomic mass is 35.5. The minimum Gasteiger partial charge on any atom is -0.346 e. The summed E-state index contributed by atoms with van der Waals surface area (Å²) in [5, 5.41) is 5.34. The molecule has 1 aromatic heterocycles. The highest BCUT2D eigenvalue weighted by molar-refractivity contribution is 6.07. The SMILES string of the molecule is Cl.O=C(NC1CCNCC1F)c1cn(Cc2ccc(F)cc2)c2c(F)ccc(F)c12. The van der Waals surface area contributed by atoms with Crippen molar-refractivity contribution in [3.8, 4) is 0 Å². The number of hydrogen-bond acceptors (Lipinski definition) is 2. The van der Waals surface area contributed by atoms with Gasteiger partial charge in [-0.3, -0.25) is 4.79 Å². The van der Waals surface area contributed by atoms with Crippen LogP contribution in [0.3, 0.4) is 0 Å². The monoisotopic (exact) mass is 441 g/mol. The van der Waals surface area contributed by atoms with E-state index in [0.29, 0.717) is 18.5 Å². The van der Waals surface area contributed by atoms with Crippen molar-refractivity contribution in [2.24, 2.45) is 0 Å². The molecule has 160 valence electrons. The van der Waals surface area contributed by atoms with E-state index in [4.69, 9.17) is 0 Å². The van der Waals surface area contributed by atoms with Gasteiger partial charge in [-0.15, -0.1) is 12.4 Å². The molecule has 30 heavy (non-hydrogen) atoms. The Morgan fingerprint density at radius 1 is 1.10 bits per heavy atom. The first-order chi connectivity index (χ1) is 13.9. The number of nitrogens with zero attached hydrogens (tertiary/aromatic N) is 1. The molecule has 2 atom stereocenters. The lowest BCUT2D eigenvalue weighted by Gasteiger charge is -2.27. The van der Waals surface area contributed by atoms with Crippen molar-refractivity contribution in [1.29, 1.82) is 0 Å². The van der Waals surface area contributed by atoms with Crippen molar-refractivity contribution >= 4 is 29.2 Å². The van der Waals surface area contributed by atoms with Gasteiger partial charge >= 0.3 is 0 Å². The Balaban J connectivity index is 0.00000256. The average molecular weight is 442 g/mol. The average Bonchev–Trinajstić information content (AvgIpc) is 3.09. The van der Waals surface area contributed by atoms with Gasteiger partial charge in [-0.1, -0.05) is 12.1 Å². The Labute approximate surface area is 176 Å². The van der Waals surface area contributed by atoms with Crippen LogP contribution < -0.4 is 10.6 Å². The molecule has 4 nitrogen and oxygen atoms in total. The van der Waals surface area contributed by atoms with Crippen molar-refractivity contribution in [3.05, 3.63) is 71.2 Å². The maximum atomic E-state index is 14.6. The number of fused-ring (bicyclic) bond motifs is 1. The molecule has 2 heterocycles. The number of carbonyl (C=O) groups is 1. The molecule has 3 aromatic rings. The number of nitrogens with one attached hydrogen (secondary N) is 2. The molecule has 9 heteroatoms. The van der Waals surface area contributed by atoms with Crippen LogP contribution in [0.4, 0.5) is 17.6 Å². The Morgan fingerprint density at radius 2 is 1.80 bits per heavy atom. The minimum absolute atomic E-state index is 0. The fraction of sp³-hybridized carbons (Fsp3) is 0.286. The number of aromatic nitrogens is 1. The zero-order valence-corrected chi connectivity index (χ0v) is 16.6. The molecule has 4 rings (SSSR count). The third-order valence-electron chi connectivity index (χ3n) is 5.15. The molecule has 1 aliphatic heterocycles. The Hall–Kier alpha value is -2.58. The maximum Gasteiger partial charge on any atom is 0.253 e. The first kappa shape index (κ1) is 22.1. The number of rotatable bonds is 4. The molecular weight excluding hydrogens is 422 g/mol. The fourth-order valence-corrected chi connectivity index (χ4v) is 3.68. The zero-order valence-electron chi connectivity index (χ0n) is 15.8. The van der Waals surface area contributed by atoms with Gasteiger partial charge in [0, 0.05) is 19.3 Å². The Kier molecular flexibility index (Phi) is 6.67. The van der Waals surface area contributed by atoms with Gasteiger partial charge in [-0.2, -0.15) is 0 Å². The molecule has 0 bridgehead atoms. The molecule has 0 saturated carbocycles. The van der Waals surface area contributed by atoms with Gasteiger partial charge in [0.1, 0.15) is 23.6 Å². The number of carbonyl (C=O) groups excluding carboxylic acids is 1. The predicted octanol–water partition coefficient (Wildman–Crippen LogP) is 3.96. The van der Waals surface area contributed by atoms with Crippen LogP contribution in [0.1, 0.15) is 22.3 Å². The minimum atomic E-state index is -1.26. The summed E-state index contributed by atoms with van der Waals surface area (Å²) in [5.41, 5.74) is 0.521. The summed E-state index contributed by atoms with van der Waals surface area (Å²) < 4.78 is 57.7. The molecule has 0 radical (unpaired) electrons. The van der Waals surface area contributed by atoms with Crippen molar-refractivity contribution < 1.29 is 22.4 Å². The highest BCUT2D eigenvalue weighted by Crippen LogP contribution is 2.28. The summed E-state index contributed by atoms with van der Waals surface area (Å²) >= 11 is 0. The first-order valence-corrected chi connectivity index (χ1v) is 9.31. The van der Waals surface area contributed by atoms with E-state index in [2.05, 4.69) is 10.6 Å². The summed E-state index contributed by atoms with van der Waals surface area (Å²) in [5.74, 6) is -2.50. The lowest BCUT2D eigenvalue weighted by molar-refractivity contribution is 0.0893. The van der Waals surface area contributed by atoms with E-state index in [0.717, 1.165) is 12.1 Å². The van der Waals surface area contributed by atoms with Gasteiger partial charge in [0.25, 0.3) is 5.91 Å². The van der Waals surface area contributed by atoms with E-state index in [9.17, 15) is 22.4 Å². The third kappa shape index (κ3) is 4.29. The molecule has 2 unspecified atom stereocenters. The largest absolute Gasteiger partial charge is 0.346 e. The standard InChI is InChI=1S/C21H19F4N3O.ClH/c22-13-3-1-12(2-4-13)10-28-11-14(19-15(23)5-6-16(24)20(19)28)21(29)27-18-7-8-26-9-17(18)25;/h1-6,11,17-18,26H,7-10H2,(H,27,29);1H. The van der Waals surface area contributed by atoms with Gasteiger partial charge in [-0.25, -0.2) is 17.6 Å². The lowest BCUT2D eigenvalue weighted by atomic mass is 10.0. The second kappa shape index (κ2) is 9.06. The summed E-state index contributed by atoms with van der Waals surface area (Å²) in [6.45, 7) is 0.796. The quantitative estimate of drug-likeness (QED) is 0.602. The summed E-state index contributed by atoms with van der Waals surface area (Å²) in [6, 6.07) is 6.84. The number of alkyl halides is 1. The molecule has 2 N–H and O–H groups in total. The molecule has 1 saturated heterocycles. The van der Waals surface area contributed by atoms with E-state index in [1.165, 1.54) is 35.0 Å².